The van der Waals surface area contributed by atoms with Gasteiger partial charge in [-0.3, -0.25) is 28.1 Å². The van der Waals surface area contributed by atoms with Gasteiger partial charge >= 0.3 is 7.82 Å². The standard InChI is InChI=1S/C18H19FNO8P/c1-24-14-5-3-2-4-11(14)9-25-29(23)26-10-16-15(28-29)7-18(27-16)20-8-12(19)13(21)6-17(20)22/h2-5,8,15-16,18H,6-7,9-10H2,1H3/t15-,16+,18+,29?/m0/s1. The summed E-state index contributed by atoms with van der Waals surface area (Å²) in [6, 6.07) is 7.09. The van der Waals surface area contributed by atoms with Crippen molar-refractivity contribution in [3.8, 4) is 5.75 Å². The van der Waals surface area contributed by atoms with E-state index in [1.54, 1.807) is 24.3 Å². The number of allylic oxidation sites excluding steroid dienone is 1. The molecule has 156 valence electrons. The zero-order valence-electron chi connectivity index (χ0n) is 15.5. The second-order valence-electron chi connectivity index (χ2n) is 6.72. The molecule has 3 aliphatic rings. The zero-order chi connectivity index (χ0) is 20.6. The molecule has 0 saturated carbocycles. The summed E-state index contributed by atoms with van der Waals surface area (Å²) < 4.78 is 53.6. The van der Waals surface area contributed by atoms with Gasteiger partial charge in [-0.2, -0.15) is 0 Å². The lowest BCUT2D eigenvalue weighted by Crippen LogP contribution is -2.40. The van der Waals surface area contributed by atoms with Crippen molar-refractivity contribution < 1.29 is 41.6 Å². The van der Waals surface area contributed by atoms with Crippen molar-refractivity contribution in [1.82, 2.24) is 4.90 Å². The summed E-state index contributed by atoms with van der Waals surface area (Å²) in [5.74, 6) is -1.87. The number of hydrogen-bond acceptors (Lipinski definition) is 8. The molecule has 3 heterocycles. The summed E-state index contributed by atoms with van der Waals surface area (Å²) in [4.78, 5) is 24.4. The Hall–Kier alpha value is -2.10. The molecule has 1 amide bonds. The molecule has 0 aromatic heterocycles. The summed E-state index contributed by atoms with van der Waals surface area (Å²) in [6.07, 6.45) is -1.71. The van der Waals surface area contributed by atoms with E-state index in [2.05, 4.69) is 0 Å². The first-order valence-electron chi connectivity index (χ1n) is 8.95. The molecular weight excluding hydrogens is 408 g/mol. The van der Waals surface area contributed by atoms with E-state index in [9.17, 15) is 18.5 Å². The number of hydrogen-bond donors (Lipinski definition) is 0. The number of halogens is 1. The summed E-state index contributed by atoms with van der Waals surface area (Å²) in [6.45, 7) is -0.124. The van der Waals surface area contributed by atoms with Crippen LogP contribution in [0.5, 0.6) is 5.75 Å². The Morgan fingerprint density at radius 3 is 2.86 bits per heavy atom. The highest BCUT2D eigenvalue weighted by atomic mass is 31.2. The fourth-order valence-electron chi connectivity index (χ4n) is 3.35. The Morgan fingerprint density at radius 2 is 2.07 bits per heavy atom. The highest BCUT2D eigenvalue weighted by molar-refractivity contribution is 7.48. The molecule has 0 radical (unpaired) electrons. The Kier molecular flexibility index (Phi) is 5.54. The third-order valence-corrected chi connectivity index (χ3v) is 6.28. The van der Waals surface area contributed by atoms with Crippen LogP contribution < -0.4 is 4.74 Å². The maximum atomic E-state index is 13.6. The van der Waals surface area contributed by atoms with Crippen molar-refractivity contribution in [2.75, 3.05) is 13.7 Å². The van der Waals surface area contributed by atoms with Gasteiger partial charge in [-0.25, -0.2) is 8.96 Å². The second kappa shape index (κ2) is 7.97. The van der Waals surface area contributed by atoms with Crippen LogP contribution in [0.2, 0.25) is 0 Å². The highest BCUT2D eigenvalue weighted by Crippen LogP contribution is 2.56. The van der Waals surface area contributed by atoms with Crippen molar-refractivity contribution in [3.63, 3.8) is 0 Å². The molecular formula is C18H19FNO8P. The van der Waals surface area contributed by atoms with Crippen LogP contribution in [0.3, 0.4) is 0 Å². The molecule has 3 aliphatic heterocycles. The molecule has 4 rings (SSSR count). The SMILES string of the molecule is COc1ccccc1COP1(=O)OC[C@H]2O[C@@H](N3C=C(F)C(=O)CC3=O)C[C@@H]2O1. The Bertz CT molecular complexity index is 906. The number of benzene rings is 1. The van der Waals surface area contributed by atoms with Crippen LogP contribution in [-0.4, -0.2) is 48.7 Å². The van der Waals surface area contributed by atoms with E-state index in [1.807, 2.05) is 0 Å². The lowest BCUT2D eigenvalue weighted by molar-refractivity contribution is -0.146. The normalized spacial score (nSPS) is 32.1. The number of para-hydroxylation sites is 1. The number of amides is 1. The second-order valence-corrected chi connectivity index (χ2v) is 8.34. The molecule has 4 atom stereocenters. The first kappa shape index (κ1) is 20.2. The molecule has 0 N–H and O–H groups in total. The van der Waals surface area contributed by atoms with Crippen LogP contribution in [0.1, 0.15) is 18.4 Å². The quantitative estimate of drug-likeness (QED) is 0.522. The fourth-order valence-corrected chi connectivity index (χ4v) is 4.73. The number of carbonyl (C=O) groups excluding carboxylic acids is 2. The number of fused-ring (bicyclic) bond motifs is 1. The number of carbonyl (C=O) groups is 2. The predicted octanol–water partition coefficient (Wildman–Crippen LogP) is 2.46. The van der Waals surface area contributed by atoms with E-state index in [1.165, 1.54) is 7.11 Å². The van der Waals surface area contributed by atoms with E-state index in [0.717, 1.165) is 11.1 Å². The third-order valence-electron chi connectivity index (χ3n) is 4.84. The number of rotatable bonds is 5. The average Bonchev–Trinajstić information content (AvgIpc) is 3.12. The zero-order valence-corrected chi connectivity index (χ0v) is 16.4. The van der Waals surface area contributed by atoms with Gasteiger partial charge in [0.2, 0.25) is 11.7 Å². The van der Waals surface area contributed by atoms with Crippen molar-refractivity contribution >= 4 is 19.5 Å². The molecule has 1 aromatic carbocycles. The minimum Gasteiger partial charge on any atom is -0.496 e. The summed E-state index contributed by atoms with van der Waals surface area (Å²) in [5, 5.41) is 0. The van der Waals surface area contributed by atoms with Gasteiger partial charge in [0, 0.05) is 18.2 Å². The molecule has 2 saturated heterocycles. The minimum atomic E-state index is -3.87. The van der Waals surface area contributed by atoms with Crippen molar-refractivity contribution in [3.05, 3.63) is 41.9 Å². The van der Waals surface area contributed by atoms with E-state index < -0.39 is 50.2 Å². The summed E-state index contributed by atoms with van der Waals surface area (Å²) in [7, 11) is -2.35. The monoisotopic (exact) mass is 427 g/mol. The van der Waals surface area contributed by atoms with Crippen LogP contribution >= 0.6 is 7.82 Å². The molecule has 11 heteroatoms. The molecule has 9 nitrogen and oxygen atoms in total. The number of phosphoric acid groups is 1. The Labute approximate surface area is 165 Å². The first-order valence-corrected chi connectivity index (χ1v) is 10.4. The van der Waals surface area contributed by atoms with Crippen molar-refractivity contribution in [2.45, 2.75) is 37.9 Å². The van der Waals surface area contributed by atoms with Gasteiger partial charge in [0.25, 0.3) is 0 Å². The molecule has 0 bridgehead atoms. The third kappa shape index (κ3) is 4.12. The smallest absolute Gasteiger partial charge is 0.475 e. The van der Waals surface area contributed by atoms with Gasteiger partial charge in [-0.05, 0) is 6.07 Å². The molecule has 1 aromatic rings. The molecule has 2 fully saturated rings. The number of Topliss-reactive ketones (excluding diaryl/α,β-unsaturated/α-hetero) is 1. The largest absolute Gasteiger partial charge is 0.496 e. The number of ketones is 1. The van der Waals surface area contributed by atoms with Crippen LogP contribution in [-0.2, 0) is 39.1 Å². The van der Waals surface area contributed by atoms with Gasteiger partial charge in [0.15, 0.2) is 5.83 Å². The maximum Gasteiger partial charge on any atom is 0.475 e. The van der Waals surface area contributed by atoms with E-state index >= 15 is 0 Å². The van der Waals surface area contributed by atoms with Crippen LogP contribution in [0.15, 0.2) is 36.3 Å². The van der Waals surface area contributed by atoms with Gasteiger partial charge in [-0.1, -0.05) is 18.2 Å². The summed E-state index contributed by atoms with van der Waals surface area (Å²) in [5.41, 5.74) is 0.671. The van der Waals surface area contributed by atoms with E-state index in [4.69, 9.17) is 23.0 Å². The Balaban J connectivity index is 1.40. The number of phosphoric ester groups is 1. The van der Waals surface area contributed by atoms with Crippen LogP contribution in [0.4, 0.5) is 4.39 Å². The lowest BCUT2D eigenvalue weighted by atomic mass is 10.1. The van der Waals surface area contributed by atoms with Gasteiger partial charge in [0.05, 0.1) is 26.7 Å². The molecule has 0 spiro atoms. The predicted molar refractivity (Wildman–Crippen MR) is 95.2 cm³/mol. The van der Waals surface area contributed by atoms with Gasteiger partial charge < -0.3 is 9.47 Å². The highest BCUT2D eigenvalue weighted by Gasteiger charge is 2.49. The number of methoxy groups -OCH3 is 1. The maximum absolute atomic E-state index is 13.6. The van der Waals surface area contributed by atoms with Gasteiger partial charge in [-0.15, -0.1) is 0 Å². The minimum absolute atomic E-state index is 0.0519. The van der Waals surface area contributed by atoms with Crippen LogP contribution in [0.25, 0.3) is 0 Å². The lowest BCUT2D eigenvalue weighted by Gasteiger charge is -2.30. The molecule has 1 unspecified atom stereocenters. The van der Waals surface area contributed by atoms with Gasteiger partial charge in [0.1, 0.15) is 24.2 Å². The molecule has 0 aliphatic carbocycles. The van der Waals surface area contributed by atoms with Crippen molar-refractivity contribution in [2.24, 2.45) is 0 Å². The molecule has 29 heavy (non-hydrogen) atoms. The average molecular weight is 427 g/mol. The Morgan fingerprint density at radius 1 is 1.28 bits per heavy atom. The fraction of sp³-hybridized carbons (Fsp3) is 0.444. The summed E-state index contributed by atoms with van der Waals surface area (Å²) >= 11 is 0. The van der Waals surface area contributed by atoms with E-state index in [-0.39, 0.29) is 19.6 Å². The van der Waals surface area contributed by atoms with E-state index in [0.29, 0.717) is 11.3 Å². The van der Waals surface area contributed by atoms with Crippen LogP contribution in [0, 0.1) is 0 Å². The van der Waals surface area contributed by atoms with Crippen molar-refractivity contribution in [1.29, 1.82) is 0 Å². The number of ether oxygens (including phenoxy) is 2. The first-order chi connectivity index (χ1) is 13.9. The topological polar surface area (TPSA) is 101 Å². The number of nitrogens with zero attached hydrogens (tertiary/aromatic N) is 1.